The quantitative estimate of drug-likeness (QED) is 0.247. The molecular weight excluding hydrogens is 219 g/mol. The van der Waals surface area contributed by atoms with Crippen LogP contribution >= 0.6 is 24.4 Å². The van der Waals surface area contributed by atoms with Gasteiger partial charge in [0, 0.05) is 0 Å². The predicted molar refractivity (Wildman–Crippen MR) is 56.8 cm³/mol. The van der Waals surface area contributed by atoms with Gasteiger partial charge >= 0.3 is 29.6 Å². The molecule has 12 heavy (non-hydrogen) atoms. The van der Waals surface area contributed by atoms with Crippen LogP contribution in [0.2, 0.25) is 0 Å². The molecule has 0 aliphatic heterocycles. The van der Waals surface area contributed by atoms with E-state index in [0.29, 0.717) is 0 Å². The monoisotopic (exact) mass is 232 g/mol. The summed E-state index contributed by atoms with van der Waals surface area (Å²) in [4.78, 5) is 0. The molecule has 7 nitrogen and oxygen atoms in total. The van der Waals surface area contributed by atoms with Gasteiger partial charge in [-0.1, -0.05) is 0 Å². The summed E-state index contributed by atoms with van der Waals surface area (Å²) in [7, 11) is 0. The van der Waals surface area contributed by atoms with Crippen molar-refractivity contribution in [3.8, 4) is 0 Å². The van der Waals surface area contributed by atoms with Crippen molar-refractivity contribution in [2.24, 2.45) is 11.5 Å². The maximum absolute atomic E-state index is 7.56. The molecule has 0 fully saturated rings. The Morgan fingerprint density at radius 2 is 0.833 bits per heavy atom. The van der Waals surface area contributed by atoms with E-state index in [2.05, 4.69) is 35.9 Å². The first-order chi connectivity index (χ1) is 3.46. The van der Waals surface area contributed by atoms with Crippen LogP contribution in [0.1, 0.15) is 0 Å². The number of rotatable bonds is 0. The first kappa shape index (κ1) is 39.7. The number of hydrogen-bond donors (Lipinski definition) is 4. The van der Waals surface area contributed by atoms with Gasteiger partial charge in [0.1, 0.15) is 0 Å². The van der Waals surface area contributed by atoms with Crippen molar-refractivity contribution in [3.63, 3.8) is 0 Å². The molecule has 0 radical (unpaired) electrons. The molecule has 0 atom stereocenters. The molecule has 12 N–H and O–H groups in total. The second-order valence-electron chi connectivity index (χ2n) is 0.676. The third kappa shape index (κ3) is 13000. The normalized spacial score (nSPS) is 4.00. The van der Waals surface area contributed by atoms with Crippen molar-refractivity contribution < 1.29 is 26.6 Å². The number of aliphatic hydroxyl groups is 2. The summed E-state index contributed by atoms with van der Waals surface area (Å²) in [6.45, 7) is 0. The van der Waals surface area contributed by atoms with Gasteiger partial charge in [0.15, 0.2) is 0 Å². The summed E-state index contributed by atoms with van der Waals surface area (Å²) in [5.74, 6) is 0. The van der Waals surface area contributed by atoms with Gasteiger partial charge in [-0.05, 0) is 24.4 Å². The molecule has 0 aliphatic carbocycles. The van der Waals surface area contributed by atoms with Crippen LogP contribution in [0.15, 0.2) is 0 Å². The van der Waals surface area contributed by atoms with Gasteiger partial charge in [0.25, 0.3) is 10.3 Å². The van der Waals surface area contributed by atoms with Crippen LogP contribution in [0, 0.1) is 0 Å². The van der Waals surface area contributed by atoms with Crippen LogP contribution in [0.5, 0.6) is 0 Å². The zero-order valence-corrected chi connectivity index (χ0v) is 7.00. The topological polar surface area (TPSA) is 187 Å². The fraction of sp³-hybridized carbons (Fsp3) is 0. The SMILES string of the molecule is NC(O)=S.NC(O)=S.O.O.O.[NaH]. The predicted octanol–water partition coefficient (Wildman–Crippen LogP) is -3.55. The van der Waals surface area contributed by atoms with E-state index in [0.717, 1.165) is 0 Å². The molecule has 0 amide bonds. The molecule has 0 saturated heterocycles. The van der Waals surface area contributed by atoms with Crippen LogP contribution in [0.4, 0.5) is 0 Å². The Morgan fingerprint density at radius 3 is 0.833 bits per heavy atom. The fourth-order valence-corrected chi connectivity index (χ4v) is 0. The molecule has 0 aromatic heterocycles. The molecule has 0 aliphatic rings. The van der Waals surface area contributed by atoms with Gasteiger partial charge in [-0.25, -0.2) is 0 Å². The van der Waals surface area contributed by atoms with E-state index in [9.17, 15) is 0 Å². The van der Waals surface area contributed by atoms with E-state index >= 15 is 0 Å². The van der Waals surface area contributed by atoms with Crippen molar-refractivity contribution >= 4 is 64.3 Å². The van der Waals surface area contributed by atoms with Crippen molar-refractivity contribution in [1.29, 1.82) is 0 Å². The molecule has 0 rings (SSSR count). The summed E-state index contributed by atoms with van der Waals surface area (Å²) < 4.78 is 0. The number of aliphatic hydroxyl groups excluding tert-OH is 2. The average molecular weight is 232 g/mol. The van der Waals surface area contributed by atoms with Crippen LogP contribution in [-0.4, -0.2) is 66.5 Å². The van der Waals surface area contributed by atoms with Crippen molar-refractivity contribution in [3.05, 3.63) is 0 Å². The maximum atomic E-state index is 7.56. The average Bonchev–Trinajstić information content (AvgIpc) is 1.25. The van der Waals surface area contributed by atoms with E-state index in [-0.39, 0.29) is 46.0 Å². The Bertz CT molecular complexity index is 83.4. The first-order valence-corrected chi connectivity index (χ1v) is 2.25. The molecule has 0 bridgehead atoms. The van der Waals surface area contributed by atoms with Crippen LogP contribution in [0.3, 0.4) is 0 Å². The second kappa shape index (κ2) is 30.2. The number of hydrogen-bond acceptors (Lipinski definition) is 2. The summed E-state index contributed by atoms with van der Waals surface area (Å²) >= 11 is 7.74. The van der Waals surface area contributed by atoms with E-state index < -0.39 is 10.3 Å². The molecule has 10 heteroatoms. The molecule has 0 aromatic rings. The molecule has 0 saturated carbocycles. The Labute approximate surface area is 102 Å². The standard InChI is InChI=1S/2CH3NOS.Na.3H2O.H/c2*2-1(3)4;;;;;/h2*(H3,2,3,4);;3*1H2;. The molecule has 0 aromatic carbocycles. The van der Waals surface area contributed by atoms with Crippen LogP contribution < -0.4 is 11.5 Å². The minimum absolute atomic E-state index is 0. The summed E-state index contributed by atoms with van der Waals surface area (Å²) in [6.07, 6.45) is 0. The van der Waals surface area contributed by atoms with Gasteiger partial charge in [-0.3, -0.25) is 0 Å². The third-order valence-electron chi connectivity index (χ3n) is 0. The van der Waals surface area contributed by atoms with Crippen molar-refractivity contribution in [1.82, 2.24) is 0 Å². The van der Waals surface area contributed by atoms with E-state index in [1.54, 1.807) is 0 Å². The third-order valence-corrected chi connectivity index (χ3v) is 0. The molecular formula is C2H13N2NaO5S2. The van der Waals surface area contributed by atoms with Gasteiger partial charge in [0.05, 0.1) is 0 Å². The summed E-state index contributed by atoms with van der Waals surface area (Å²) in [5.41, 5.74) is 8.80. The zero-order chi connectivity index (χ0) is 7.15. The first-order valence-electron chi connectivity index (χ1n) is 1.43. The van der Waals surface area contributed by atoms with E-state index in [4.69, 9.17) is 10.2 Å². The van der Waals surface area contributed by atoms with E-state index in [1.807, 2.05) is 0 Å². The van der Waals surface area contributed by atoms with E-state index in [1.165, 1.54) is 0 Å². The Morgan fingerprint density at radius 1 is 0.833 bits per heavy atom. The molecule has 0 spiro atoms. The number of thiocarbonyl (C=S) groups is 2. The molecule has 0 unspecified atom stereocenters. The van der Waals surface area contributed by atoms with Crippen molar-refractivity contribution in [2.45, 2.75) is 0 Å². The van der Waals surface area contributed by atoms with Gasteiger partial charge in [-0.2, -0.15) is 0 Å². The Hall–Kier alpha value is 0.260. The Kier molecular flexibility index (Phi) is 100.0. The summed E-state index contributed by atoms with van der Waals surface area (Å²) in [6, 6.07) is 0. The van der Waals surface area contributed by atoms with Gasteiger partial charge in [-0.15, -0.1) is 0 Å². The van der Waals surface area contributed by atoms with Crippen LogP contribution in [0.25, 0.3) is 0 Å². The number of nitrogens with two attached hydrogens (primary N) is 2. The molecule has 74 valence electrons. The van der Waals surface area contributed by atoms with Crippen LogP contribution in [-0.2, 0) is 0 Å². The Balaban J connectivity index is -0.0000000112. The molecule has 0 heterocycles. The van der Waals surface area contributed by atoms with Gasteiger partial charge in [0.2, 0.25) is 0 Å². The zero-order valence-electron chi connectivity index (χ0n) is 5.37. The fourth-order valence-electron chi connectivity index (χ4n) is 0. The summed E-state index contributed by atoms with van der Waals surface area (Å²) in [5, 5.41) is 14.1. The minimum atomic E-state index is -0.500. The second-order valence-corrected chi connectivity index (χ2v) is 1.51. The van der Waals surface area contributed by atoms with Crippen molar-refractivity contribution in [2.75, 3.05) is 0 Å². The van der Waals surface area contributed by atoms with Gasteiger partial charge < -0.3 is 38.1 Å².